The molecule has 7 heteroatoms. The third-order valence-corrected chi connectivity index (χ3v) is 7.93. The number of azo groups is 1. The molecule has 4 aromatic rings. The van der Waals surface area contributed by atoms with Crippen molar-refractivity contribution in [3.05, 3.63) is 77.7 Å². The van der Waals surface area contributed by atoms with Crippen molar-refractivity contribution in [1.82, 2.24) is 19.9 Å². The molecule has 1 atom stereocenters. The summed E-state index contributed by atoms with van der Waals surface area (Å²) in [5.41, 5.74) is 7.85. The molecule has 1 N–H and O–H groups in total. The summed E-state index contributed by atoms with van der Waals surface area (Å²) in [5.74, 6) is 0.734. The maximum atomic E-state index is 4.96. The minimum atomic E-state index is -0.101. The SMILES string of the molecule is CN1CCC2(CC1)CNc1cc(-c3ncc4c(n3)C(Cc3ccc5ncccc5c3)N=N4)ccc12. The van der Waals surface area contributed by atoms with Crippen LogP contribution in [0.2, 0.25) is 0 Å². The highest BCUT2D eigenvalue weighted by Gasteiger charge is 2.40. The van der Waals surface area contributed by atoms with Gasteiger partial charge in [0.15, 0.2) is 5.82 Å². The Morgan fingerprint density at radius 1 is 1.06 bits per heavy atom. The molecule has 5 heterocycles. The van der Waals surface area contributed by atoms with Crippen molar-refractivity contribution in [3.8, 4) is 11.4 Å². The summed E-state index contributed by atoms with van der Waals surface area (Å²) in [4.78, 5) is 16.4. The van der Waals surface area contributed by atoms with Crippen molar-refractivity contribution in [2.75, 3.05) is 32.0 Å². The van der Waals surface area contributed by atoms with Gasteiger partial charge in [-0.3, -0.25) is 4.98 Å². The molecule has 0 bridgehead atoms. The van der Waals surface area contributed by atoms with Crippen LogP contribution in [-0.4, -0.2) is 46.5 Å². The number of fused-ring (bicyclic) bond motifs is 4. The first-order chi connectivity index (χ1) is 17.2. The van der Waals surface area contributed by atoms with Crippen molar-refractivity contribution >= 4 is 22.3 Å². The third-order valence-electron chi connectivity index (χ3n) is 7.93. The fraction of sp³-hybridized carbons (Fsp3) is 0.321. The number of nitrogens with one attached hydrogen (secondary N) is 1. The molecule has 1 saturated heterocycles. The Bertz CT molecular complexity index is 1470. The van der Waals surface area contributed by atoms with E-state index < -0.39 is 0 Å². The first-order valence-corrected chi connectivity index (χ1v) is 12.4. The molecule has 174 valence electrons. The van der Waals surface area contributed by atoms with Crippen LogP contribution in [0.15, 0.2) is 71.2 Å². The summed E-state index contributed by atoms with van der Waals surface area (Å²) in [6, 6.07) is 17.0. The highest BCUT2D eigenvalue weighted by atomic mass is 15.2. The Labute approximate surface area is 204 Å². The largest absolute Gasteiger partial charge is 0.384 e. The maximum absolute atomic E-state index is 4.96. The average Bonchev–Trinajstić information content (AvgIpc) is 3.46. The molecule has 0 aliphatic carbocycles. The lowest BCUT2D eigenvalue weighted by molar-refractivity contribution is 0.200. The van der Waals surface area contributed by atoms with Crippen LogP contribution in [0.4, 0.5) is 11.4 Å². The number of hydrogen-bond donors (Lipinski definition) is 1. The zero-order valence-electron chi connectivity index (χ0n) is 19.8. The Morgan fingerprint density at radius 2 is 1.97 bits per heavy atom. The molecule has 2 aromatic heterocycles. The van der Waals surface area contributed by atoms with E-state index in [0.717, 1.165) is 59.7 Å². The molecule has 0 radical (unpaired) electrons. The molecule has 0 amide bonds. The van der Waals surface area contributed by atoms with E-state index in [0.29, 0.717) is 0 Å². The van der Waals surface area contributed by atoms with Crippen molar-refractivity contribution in [1.29, 1.82) is 0 Å². The number of hydrogen-bond acceptors (Lipinski definition) is 7. The van der Waals surface area contributed by atoms with Gasteiger partial charge in [0.05, 0.1) is 17.4 Å². The number of likely N-dealkylation sites (tertiary alicyclic amines) is 1. The highest BCUT2D eigenvalue weighted by molar-refractivity contribution is 5.79. The van der Waals surface area contributed by atoms with E-state index in [2.05, 4.69) is 79.9 Å². The molecule has 0 saturated carbocycles. The molecule has 2 aromatic carbocycles. The smallest absolute Gasteiger partial charge is 0.159 e. The lowest BCUT2D eigenvalue weighted by Crippen LogP contribution is -2.42. The van der Waals surface area contributed by atoms with Gasteiger partial charge < -0.3 is 10.2 Å². The summed E-state index contributed by atoms with van der Waals surface area (Å²) < 4.78 is 0. The first kappa shape index (κ1) is 20.6. The molecule has 35 heavy (non-hydrogen) atoms. The number of benzene rings is 2. The van der Waals surface area contributed by atoms with Crippen LogP contribution in [0, 0.1) is 0 Å². The first-order valence-electron chi connectivity index (χ1n) is 12.4. The van der Waals surface area contributed by atoms with Gasteiger partial charge in [-0.05, 0) is 68.4 Å². The quantitative estimate of drug-likeness (QED) is 0.438. The second-order valence-corrected chi connectivity index (χ2v) is 10.1. The van der Waals surface area contributed by atoms with Crippen LogP contribution in [0.5, 0.6) is 0 Å². The van der Waals surface area contributed by atoms with Gasteiger partial charge in [-0.2, -0.15) is 10.2 Å². The summed E-state index contributed by atoms with van der Waals surface area (Å²) in [7, 11) is 2.22. The molecule has 7 rings (SSSR count). The zero-order valence-corrected chi connectivity index (χ0v) is 19.8. The van der Waals surface area contributed by atoms with Crippen molar-refractivity contribution < 1.29 is 0 Å². The topological polar surface area (TPSA) is 78.7 Å². The van der Waals surface area contributed by atoms with E-state index in [1.54, 1.807) is 0 Å². The maximum Gasteiger partial charge on any atom is 0.159 e. The lowest BCUT2D eigenvalue weighted by Gasteiger charge is -2.37. The predicted octanol–water partition coefficient (Wildman–Crippen LogP) is 5.46. The van der Waals surface area contributed by atoms with E-state index in [-0.39, 0.29) is 11.5 Å². The number of piperidine rings is 1. The molecule has 3 aliphatic rings. The van der Waals surface area contributed by atoms with E-state index in [9.17, 15) is 0 Å². The third kappa shape index (κ3) is 3.49. The van der Waals surface area contributed by atoms with Gasteiger partial charge >= 0.3 is 0 Å². The van der Waals surface area contributed by atoms with Gasteiger partial charge in [0, 0.05) is 41.2 Å². The number of anilines is 1. The van der Waals surface area contributed by atoms with Crippen molar-refractivity contribution in [2.24, 2.45) is 10.2 Å². The lowest BCUT2D eigenvalue weighted by atomic mass is 9.74. The van der Waals surface area contributed by atoms with Gasteiger partial charge in [0.25, 0.3) is 0 Å². The van der Waals surface area contributed by atoms with Crippen LogP contribution in [0.1, 0.15) is 35.7 Å². The molecule has 1 unspecified atom stereocenters. The summed E-state index contributed by atoms with van der Waals surface area (Å²) >= 11 is 0. The van der Waals surface area contributed by atoms with Gasteiger partial charge in [-0.25, -0.2) is 9.97 Å². The Hall–Kier alpha value is -3.71. The molecular formula is C28H27N7. The number of aromatic nitrogens is 3. The minimum Gasteiger partial charge on any atom is -0.384 e. The Kier molecular flexibility index (Phi) is 4.67. The van der Waals surface area contributed by atoms with Crippen molar-refractivity contribution in [3.63, 3.8) is 0 Å². The van der Waals surface area contributed by atoms with Gasteiger partial charge in [-0.1, -0.05) is 24.3 Å². The molecule has 3 aliphatic heterocycles. The van der Waals surface area contributed by atoms with Crippen LogP contribution in [-0.2, 0) is 11.8 Å². The fourth-order valence-electron chi connectivity index (χ4n) is 5.79. The van der Waals surface area contributed by atoms with E-state index in [1.807, 2.05) is 18.5 Å². The van der Waals surface area contributed by atoms with Crippen LogP contribution >= 0.6 is 0 Å². The van der Waals surface area contributed by atoms with Crippen LogP contribution < -0.4 is 5.32 Å². The highest BCUT2D eigenvalue weighted by Crippen LogP contribution is 2.45. The molecular weight excluding hydrogens is 434 g/mol. The second-order valence-electron chi connectivity index (χ2n) is 10.1. The van der Waals surface area contributed by atoms with E-state index >= 15 is 0 Å². The van der Waals surface area contributed by atoms with Crippen LogP contribution in [0.25, 0.3) is 22.3 Å². The van der Waals surface area contributed by atoms with E-state index in [4.69, 9.17) is 4.98 Å². The van der Waals surface area contributed by atoms with Crippen molar-refractivity contribution in [2.45, 2.75) is 30.7 Å². The minimum absolute atomic E-state index is 0.101. The number of rotatable bonds is 3. The molecule has 1 spiro atoms. The summed E-state index contributed by atoms with van der Waals surface area (Å²) in [6.07, 6.45) is 6.79. The monoisotopic (exact) mass is 461 g/mol. The predicted molar refractivity (Wildman–Crippen MR) is 137 cm³/mol. The van der Waals surface area contributed by atoms with Gasteiger partial charge in [0.2, 0.25) is 0 Å². The second kappa shape index (κ2) is 7.92. The fourth-order valence-corrected chi connectivity index (χ4v) is 5.79. The average molecular weight is 462 g/mol. The van der Waals surface area contributed by atoms with Crippen LogP contribution in [0.3, 0.4) is 0 Å². The standard InChI is InChI=1S/C28H27N7/c1-35-11-8-28(9-12-35)17-31-23-15-20(5-6-21(23)28)27-30-16-25-26(32-27)24(33-34-25)14-18-4-7-22-19(13-18)3-2-10-29-22/h2-7,10,13,15-16,24,31H,8-9,11-12,14,17H2,1H3. The Morgan fingerprint density at radius 3 is 2.89 bits per heavy atom. The van der Waals surface area contributed by atoms with Gasteiger partial charge in [-0.15, -0.1) is 0 Å². The summed E-state index contributed by atoms with van der Waals surface area (Å²) in [5, 5.41) is 13.7. The Balaban J connectivity index is 1.17. The molecule has 7 nitrogen and oxygen atoms in total. The van der Waals surface area contributed by atoms with Gasteiger partial charge in [0.1, 0.15) is 11.7 Å². The molecule has 1 fully saturated rings. The number of pyridine rings is 1. The van der Waals surface area contributed by atoms with E-state index in [1.165, 1.54) is 29.7 Å². The normalized spacial score (nSPS) is 20.2. The number of nitrogens with zero attached hydrogens (tertiary/aromatic N) is 6. The summed E-state index contributed by atoms with van der Waals surface area (Å²) in [6.45, 7) is 3.32. The zero-order chi connectivity index (χ0) is 23.4.